The third kappa shape index (κ3) is 3.20. The average molecular weight is 325 g/mol. The summed E-state index contributed by atoms with van der Waals surface area (Å²) in [6, 6.07) is 6.57. The van der Waals surface area contributed by atoms with Crippen molar-refractivity contribution in [2.45, 2.75) is 44.2 Å². The highest BCUT2D eigenvalue weighted by Gasteiger charge is 2.48. The third-order valence-corrected chi connectivity index (χ3v) is 5.51. The third-order valence-electron chi connectivity index (χ3n) is 4.36. The molecule has 2 rings (SSSR count). The summed E-state index contributed by atoms with van der Waals surface area (Å²) in [6.07, 6.45) is 1.31. The molecule has 1 aromatic rings. The van der Waals surface area contributed by atoms with Gasteiger partial charge in [-0.3, -0.25) is 0 Å². The lowest BCUT2D eigenvalue weighted by molar-refractivity contribution is -0.0794. The van der Waals surface area contributed by atoms with Crippen LogP contribution in [0.4, 0.5) is 5.69 Å². The Morgan fingerprint density at radius 2 is 2.24 bits per heavy atom. The fourth-order valence-corrected chi connectivity index (χ4v) is 4.03. The molecule has 0 heterocycles. The molecule has 1 aliphatic rings. The lowest BCUT2D eigenvalue weighted by Crippen LogP contribution is -2.57. The molecular weight excluding hydrogens is 300 g/mol. The molecule has 0 saturated heterocycles. The van der Waals surface area contributed by atoms with Gasteiger partial charge in [0, 0.05) is 34.7 Å². The maximum atomic E-state index is 5.96. The number of benzene rings is 1. The van der Waals surface area contributed by atoms with Crippen LogP contribution in [0.5, 0.6) is 0 Å². The largest absolute Gasteiger partial charge is 0.389 e. The lowest BCUT2D eigenvalue weighted by atomic mass is 9.64. The van der Waals surface area contributed by atoms with Crippen LogP contribution in [-0.2, 0) is 4.74 Å². The molecule has 2 atom stereocenters. The molecule has 2 unspecified atom stereocenters. The Bertz CT molecular complexity index is 531. The lowest BCUT2D eigenvalue weighted by Gasteiger charge is -2.51. The van der Waals surface area contributed by atoms with Crippen LogP contribution in [0, 0.1) is 5.41 Å². The summed E-state index contributed by atoms with van der Waals surface area (Å²) < 4.78 is 5.51. The number of methoxy groups -OCH3 is 1. The molecule has 1 saturated carbocycles. The monoisotopic (exact) mass is 324 g/mol. The highest BCUT2D eigenvalue weighted by molar-refractivity contribution is 7.99. The number of anilines is 1. The molecule has 0 aliphatic heterocycles. The average Bonchev–Trinajstić information content (AvgIpc) is 2.43. The first kappa shape index (κ1) is 16.6. The van der Waals surface area contributed by atoms with E-state index in [0.29, 0.717) is 17.1 Å². The molecule has 0 spiro atoms. The van der Waals surface area contributed by atoms with Crippen molar-refractivity contribution in [2.24, 2.45) is 11.1 Å². The van der Waals surface area contributed by atoms with Crippen LogP contribution >= 0.6 is 24.0 Å². The van der Waals surface area contributed by atoms with Gasteiger partial charge in [0.2, 0.25) is 0 Å². The highest BCUT2D eigenvalue weighted by Crippen LogP contribution is 2.44. The number of nitrogens with two attached hydrogens (primary N) is 1. The van der Waals surface area contributed by atoms with Gasteiger partial charge in [0.05, 0.1) is 6.10 Å². The first-order valence-corrected chi connectivity index (χ1v) is 8.66. The van der Waals surface area contributed by atoms with Crippen molar-refractivity contribution < 1.29 is 4.74 Å². The normalized spacial score (nSPS) is 23.4. The van der Waals surface area contributed by atoms with E-state index in [1.165, 1.54) is 0 Å². The van der Waals surface area contributed by atoms with Crippen LogP contribution in [0.2, 0.25) is 0 Å². The van der Waals surface area contributed by atoms with Crippen molar-refractivity contribution >= 4 is 34.7 Å². The van der Waals surface area contributed by atoms with Crippen molar-refractivity contribution in [3.63, 3.8) is 0 Å². The Morgan fingerprint density at radius 3 is 2.76 bits per heavy atom. The van der Waals surface area contributed by atoms with E-state index in [2.05, 4.69) is 44.3 Å². The molecule has 1 aliphatic carbocycles. The SMILES string of the molecule is CCSc1cccc(NC2CC(OC)C2(C)C)c1C(N)=S. The number of hydrogen-bond donors (Lipinski definition) is 2. The molecule has 3 N–H and O–H groups in total. The van der Waals surface area contributed by atoms with Crippen LogP contribution in [0.15, 0.2) is 23.1 Å². The molecule has 5 heteroatoms. The van der Waals surface area contributed by atoms with Gasteiger partial charge in [0.25, 0.3) is 0 Å². The minimum atomic E-state index is 0.107. The van der Waals surface area contributed by atoms with Crippen molar-refractivity contribution in [3.8, 4) is 0 Å². The quantitative estimate of drug-likeness (QED) is 0.618. The number of rotatable bonds is 6. The van der Waals surface area contributed by atoms with Crippen molar-refractivity contribution in [3.05, 3.63) is 23.8 Å². The zero-order valence-corrected chi connectivity index (χ0v) is 14.7. The zero-order valence-electron chi connectivity index (χ0n) is 13.1. The van der Waals surface area contributed by atoms with Crippen LogP contribution in [0.1, 0.15) is 32.8 Å². The molecule has 0 radical (unpaired) electrons. The van der Waals surface area contributed by atoms with Crippen LogP contribution < -0.4 is 11.1 Å². The summed E-state index contributed by atoms with van der Waals surface area (Å²) in [7, 11) is 1.78. The number of thiocarbonyl (C=S) groups is 1. The van der Waals surface area contributed by atoms with Gasteiger partial charge in [-0.1, -0.05) is 39.1 Å². The summed E-state index contributed by atoms with van der Waals surface area (Å²) >= 11 is 7.03. The van der Waals surface area contributed by atoms with Gasteiger partial charge >= 0.3 is 0 Å². The minimum Gasteiger partial charge on any atom is -0.389 e. The summed E-state index contributed by atoms with van der Waals surface area (Å²) in [5.74, 6) is 1.000. The van der Waals surface area contributed by atoms with E-state index in [1.807, 2.05) is 0 Å². The second-order valence-corrected chi connectivity index (χ2v) is 7.70. The number of thioether (sulfide) groups is 1. The standard InChI is InChI=1S/C16H24N2OS2/c1-5-21-11-8-6-7-10(14(11)15(17)20)18-12-9-13(19-4)16(12,2)3/h6-8,12-13,18H,5,9H2,1-4H3,(H2,17,20). The molecule has 0 aromatic heterocycles. The van der Waals surface area contributed by atoms with Crippen molar-refractivity contribution in [2.75, 3.05) is 18.2 Å². The molecule has 0 bridgehead atoms. The Morgan fingerprint density at radius 1 is 1.52 bits per heavy atom. The minimum absolute atomic E-state index is 0.107. The Balaban J connectivity index is 2.25. The van der Waals surface area contributed by atoms with Crippen LogP contribution in [0.25, 0.3) is 0 Å². The van der Waals surface area contributed by atoms with Gasteiger partial charge < -0.3 is 15.8 Å². The maximum Gasteiger partial charge on any atom is 0.107 e. The van der Waals surface area contributed by atoms with Crippen LogP contribution in [0.3, 0.4) is 0 Å². The van der Waals surface area contributed by atoms with Crippen molar-refractivity contribution in [1.82, 2.24) is 0 Å². The first-order valence-electron chi connectivity index (χ1n) is 7.26. The molecule has 21 heavy (non-hydrogen) atoms. The molecule has 3 nitrogen and oxygen atoms in total. The number of ether oxygens (including phenoxy) is 1. The summed E-state index contributed by atoms with van der Waals surface area (Å²) in [5, 5.41) is 3.62. The van der Waals surface area contributed by atoms with Gasteiger partial charge in [-0.05, 0) is 24.3 Å². The van der Waals surface area contributed by atoms with Crippen molar-refractivity contribution in [1.29, 1.82) is 0 Å². The van der Waals surface area contributed by atoms with Gasteiger partial charge in [-0.2, -0.15) is 0 Å². The summed E-state index contributed by atoms with van der Waals surface area (Å²) in [4.78, 5) is 1.60. The molecule has 116 valence electrons. The second kappa shape index (κ2) is 6.55. The van der Waals surface area contributed by atoms with E-state index in [0.717, 1.165) is 28.3 Å². The summed E-state index contributed by atoms with van der Waals surface area (Å²) in [5.41, 5.74) is 8.07. The van der Waals surface area contributed by atoms with E-state index in [-0.39, 0.29) is 5.41 Å². The summed E-state index contributed by atoms with van der Waals surface area (Å²) in [6.45, 7) is 6.59. The van der Waals surface area contributed by atoms with Crippen LogP contribution in [-0.4, -0.2) is 30.0 Å². The fourth-order valence-electron chi connectivity index (χ4n) is 2.90. The smallest absolute Gasteiger partial charge is 0.107 e. The van der Waals surface area contributed by atoms with Gasteiger partial charge in [0.1, 0.15) is 4.99 Å². The van der Waals surface area contributed by atoms with E-state index in [9.17, 15) is 0 Å². The number of hydrogen-bond acceptors (Lipinski definition) is 4. The predicted octanol–water partition coefficient (Wildman–Crippen LogP) is 3.66. The number of nitrogens with one attached hydrogen (secondary N) is 1. The zero-order chi connectivity index (χ0) is 15.6. The molecule has 1 aromatic carbocycles. The molecule has 1 fully saturated rings. The Hall–Kier alpha value is -0.780. The Kier molecular flexibility index (Phi) is 5.17. The van der Waals surface area contributed by atoms with E-state index in [1.54, 1.807) is 18.9 Å². The second-order valence-electron chi connectivity index (χ2n) is 5.95. The first-order chi connectivity index (χ1) is 9.91. The maximum absolute atomic E-state index is 5.96. The van der Waals surface area contributed by atoms with Gasteiger partial charge in [-0.25, -0.2) is 0 Å². The fraction of sp³-hybridized carbons (Fsp3) is 0.562. The topological polar surface area (TPSA) is 47.3 Å². The van der Waals surface area contributed by atoms with E-state index < -0.39 is 0 Å². The van der Waals surface area contributed by atoms with E-state index in [4.69, 9.17) is 22.7 Å². The highest BCUT2D eigenvalue weighted by atomic mass is 32.2. The molecule has 0 amide bonds. The Labute approximate surface area is 137 Å². The molecular formula is C16H24N2OS2. The predicted molar refractivity (Wildman–Crippen MR) is 95.3 cm³/mol. The van der Waals surface area contributed by atoms with Gasteiger partial charge in [0.15, 0.2) is 0 Å². The van der Waals surface area contributed by atoms with E-state index >= 15 is 0 Å². The van der Waals surface area contributed by atoms with Gasteiger partial charge in [-0.15, -0.1) is 11.8 Å².